The molecule has 2 aromatic heterocycles. The Hall–Kier alpha value is -4.04. The fraction of sp³-hybridized carbons (Fsp3) is 0.125. The van der Waals surface area contributed by atoms with Crippen LogP contribution in [0.5, 0.6) is 0 Å². The third kappa shape index (κ3) is 3.82. The first kappa shape index (κ1) is 20.6. The van der Waals surface area contributed by atoms with Crippen LogP contribution in [0.3, 0.4) is 0 Å². The van der Waals surface area contributed by atoms with Gasteiger partial charge in [-0.1, -0.05) is 66.7 Å². The van der Waals surface area contributed by atoms with Crippen molar-refractivity contribution >= 4 is 32.3 Å². The van der Waals surface area contributed by atoms with Crippen molar-refractivity contribution in [2.24, 2.45) is 0 Å². The van der Waals surface area contributed by atoms with Crippen molar-refractivity contribution in [1.29, 1.82) is 0 Å². The van der Waals surface area contributed by atoms with Crippen LogP contribution in [0.2, 0.25) is 0 Å². The average Bonchev–Trinajstić information content (AvgIpc) is 2.93. The summed E-state index contributed by atoms with van der Waals surface area (Å²) >= 11 is 0. The Morgan fingerprint density at radius 1 is 0.529 bits per heavy atom. The van der Waals surface area contributed by atoms with Crippen LogP contribution in [0.15, 0.2) is 110 Å². The Balaban J connectivity index is 0.000000182. The van der Waals surface area contributed by atoms with E-state index in [0.717, 1.165) is 0 Å². The van der Waals surface area contributed by atoms with Gasteiger partial charge in [0.25, 0.3) is 0 Å². The molecule has 0 unspecified atom stereocenters. The van der Waals surface area contributed by atoms with Crippen molar-refractivity contribution in [1.82, 2.24) is 9.97 Å². The van der Waals surface area contributed by atoms with E-state index in [0.29, 0.717) is 0 Å². The highest BCUT2D eigenvalue weighted by Gasteiger charge is 2.16. The zero-order valence-corrected chi connectivity index (χ0v) is 19.1. The SMILES string of the molecule is c1ccc2cnccc2c1.c1cncc(-c2cc3c4c(ccc3c3ccccc23)CCCC4)c1. The standard InChI is InChI=1S/C23H19N.C9H7N/c1-2-8-18-16(6-1)11-12-21-19-9-3-4-10-20(19)22(14-23(18)21)17-7-5-13-24-15-17;1-2-4-9-7-10-6-5-8(9)3-1/h3-5,7,9-15H,1-2,6,8H2;1-7H. The summed E-state index contributed by atoms with van der Waals surface area (Å²) in [5.74, 6) is 0. The summed E-state index contributed by atoms with van der Waals surface area (Å²) < 4.78 is 0. The summed E-state index contributed by atoms with van der Waals surface area (Å²) in [5.41, 5.74) is 5.60. The van der Waals surface area contributed by atoms with Gasteiger partial charge >= 0.3 is 0 Å². The predicted molar refractivity (Wildman–Crippen MR) is 143 cm³/mol. The van der Waals surface area contributed by atoms with E-state index in [2.05, 4.69) is 70.6 Å². The fourth-order valence-electron chi connectivity index (χ4n) is 5.22. The van der Waals surface area contributed by atoms with Crippen LogP contribution < -0.4 is 0 Å². The summed E-state index contributed by atoms with van der Waals surface area (Å²) in [6, 6.07) is 30.2. The number of aromatic nitrogens is 2. The molecule has 1 aliphatic rings. The van der Waals surface area contributed by atoms with Crippen LogP contribution in [0.1, 0.15) is 24.0 Å². The van der Waals surface area contributed by atoms with Gasteiger partial charge in [-0.2, -0.15) is 0 Å². The maximum atomic E-state index is 4.34. The molecule has 34 heavy (non-hydrogen) atoms. The lowest BCUT2D eigenvalue weighted by molar-refractivity contribution is 0.690. The van der Waals surface area contributed by atoms with Crippen LogP contribution in [0.4, 0.5) is 0 Å². The number of aryl methyl sites for hydroxylation is 2. The summed E-state index contributed by atoms with van der Waals surface area (Å²) in [4.78, 5) is 8.35. The van der Waals surface area contributed by atoms with Gasteiger partial charge in [0.1, 0.15) is 0 Å². The van der Waals surface area contributed by atoms with Crippen LogP contribution >= 0.6 is 0 Å². The van der Waals surface area contributed by atoms with Gasteiger partial charge in [0.2, 0.25) is 0 Å². The first-order valence-corrected chi connectivity index (χ1v) is 12.0. The lowest BCUT2D eigenvalue weighted by Crippen LogP contribution is -2.03. The van der Waals surface area contributed by atoms with Gasteiger partial charge in [-0.3, -0.25) is 9.97 Å². The molecule has 0 radical (unpaired) electrons. The largest absolute Gasteiger partial charge is 0.264 e. The van der Waals surface area contributed by atoms with E-state index < -0.39 is 0 Å². The van der Waals surface area contributed by atoms with Crippen molar-refractivity contribution in [2.45, 2.75) is 25.7 Å². The van der Waals surface area contributed by atoms with Gasteiger partial charge in [0, 0.05) is 30.4 Å². The molecular weight excluding hydrogens is 412 g/mol. The molecule has 2 nitrogen and oxygen atoms in total. The second kappa shape index (κ2) is 9.07. The van der Waals surface area contributed by atoms with E-state index in [9.17, 15) is 0 Å². The molecule has 2 heteroatoms. The molecule has 0 aliphatic heterocycles. The first-order chi connectivity index (χ1) is 16.9. The van der Waals surface area contributed by atoms with Gasteiger partial charge in [-0.15, -0.1) is 0 Å². The molecule has 0 bridgehead atoms. The monoisotopic (exact) mass is 438 g/mol. The molecule has 164 valence electrons. The zero-order valence-electron chi connectivity index (χ0n) is 19.1. The third-order valence-electron chi connectivity index (χ3n) is 6.90. The predicted octanol–water partition coefficient (Wildman–Crippen LogP) is 8.17. The van der Waals surface area contributed by atoms with Crippen molar-refractivity contribution in [3.05, 3.63) is 121 Å². The van der Waals surface area contributed by atoms with E-state index in [-0.39, 0.29) is 0 Å². The number of hydrogen-bond acceptors (Lipinski definition) is 2. The maximum absolute atomic E-state index is 4.34. The molecule has 4 aromatic carbocycles. The highest BCUT2D eigenvalue weighted by Crippen LogP contribution is 2.38. The van der Waals surface area contributed by atoms with E-state index in [1.165, 1.54) is 69.1 Å². The fourth-order valence-corrected chi connectivity index (χ4v) is 5.22. The van der Waals surface area contributed by atoms with Gasteiger partial charge in [-0.05, 0) is 92.9 Å². The van der Waals surface area contributed by atoms with Gasteiger partial charge < -0.3 is 0 Å². The first-order valence-electron chi connectivity index (χ1n) is 12.0. The molecule has 0 spiro atoms. The lowest BCUT2D eigenvalue weighted by atomic mass is 9.84. The summed E-state index contributed by atoms with van der Waals surface area (Å²) in [7, 11) is 0. The van der Waals surface area contributed by atoms with Crippen molar-refractivity contribution < 1.29 is 0 Å². The molecule has 2 heterocycles. The van der Waals surface area contributed by atoms with E-state index >= 15 is 0 Å². The van der Waals surface area contributed by atoms with Gasteiger partial charge in [0.15, 0.2) is 0 Å². The average molecular weight is 439 g/mol. The Morgan fingerprint density at radius 3 is 2.15 bits per heavy atom. The van der Waals surface area contributed by atoms with E-state index in [1.807, 2.05) is 49.1 Å². The zero-order chi connectivity index (χ0) is 22.7. The minimum atomic E-state index is 1.20. The number of fused-ring (bicyclic) bond motifs is 6. The van der Waals surface area contributed by atoms with Gasteiger partial charge in [0.05, 0.1) is 0 Å². The number of nitrogens with zero attached hydrogens (tertiary/aromatic N) is 2. The summed E-state index contributed by atoms with van der Waals surface area (Å²) in [5, 5.41) is 7.93. The number of benzene rings is 4. The molecule has 0 N–H and O–H groups in total. The number of rotatable bonds is 1. The summed E-state index contributed by atoms with van der Waals surface area (Å²) in [6.07, 6.45) is 12.6. The lowest BCUT2D eigenvalue weighted by Gasteiger charge is -2.20. The Kier molecular flexibility index (Phi) is 5.48. The minimum absolute atomic E-state index is 1.20. The molecular formula is C32H26N2. The highest BCUT2D eigenvalue weighted by atomic mass is 14.6. The molecule has 0 saturated heterocycles. The second-order valence-corrected chi connectivity index (χ2v) is 8.94. The molecule has 6 aromatic rings. The molecule has 7 rings (SSSR count). The highest BCUT2D eigenvalue weighted by molar-refractivity contribution is 6.14. The van der Waals surface area contributed by atoms with Crippen LogP contribution in [0, 0.1) is 0 Å². The number of hydrogen-bond donors (Lipinski definition) is 0. The van der Waals surface area contributed by atoms with Crippen LogP contribution in [0.25, 0.3) is 43.4 Å². The summed E-state index contributed by atoms with van der Waals surface area (Å²) in [6.45, 7) is 0. The Bertz CT molecular complexity index is 1540. The Labute approximate surface area is 199 Å². The molecule has 0 fully saturated rings. The third-order valence-corrected chi connectivity index (χ3v) is 6.90. The molecule has 0 atom stereocenters. The van der Waals surface area contributed by atoms with E-state index in [1.54, 1.807) is 11.1 Å². The minimum Gasteiger partial charge on any atom is -0.264 e. The normalized spacial score (nSPS) is 12.8. The van der Waals surface area contributed by atoms with Crippen molar-refractivity contribution in [3.63, 3.8) is 0 Å². The quantitative estimate of drug-likeness (QED) is 0.242. The second-order valence-electron chi connectivity index (χ2n) is 8.94. The Morgan fingerprint density at radius 2 is 1.29 bits per heavy atom. The topological polar surface area (TPSA) is 25.8 Å². The van der Waals surface area contributed by atoms with Crippen molar-refractivity contribution in [2.75, 3.05) is 0 Å². The van der Waals surface area contributed by atoms with Crippen molar-refractivity contribution in [3.8, 4) is 11.1 Å². The van der Waals surface area contributed by atoms with E-state index in [4.69, 9.17) is 0 Å². The van der Waals surface area contributed by atoms with Gasteiger partial charge in [-0.25, -0.2) is 0 Å². The van der Waals surface area contributed by atoms with Crippen LogP contribution in [-0.4, -0.2) is 9.97 Å². The van der Waals surface area contributed by atoms with Crippen LogP contribution in [-0.2, 0) is 12.8 Å². The molecule has 0 saturated carbocycles. The number of pyridine rings is 2. The smallest absolute Gasteiger partial charge is 0.0346 e. The maximum Gasteiger partial charge on any atom is 0.0346 e. The molecule has 1 aliphatic carbocycles. The molecule has 0 amide bonds.